The monoisotopic (exact) mass is 379 g/mol. The summed E-state index contributed by atoms with van der Waals surface area (Å²) in [5.41, 5.74) is 1.48. The second-order valence-corrected chi connectivity index (χ2v) is 6.50. The molecular weight excluding hydrogens is 358 g/mol. The number of benzene rings is 1. The molecule has 2 aromatic rings. The second-order valence-electron chi connectivity index (χ2n) is 6.09. The van der Waals surface area contributed by atoms with E-state index in [9.17, 15) is 4.79 Å². The summed E-state index contributed by atoms with van der Waals surface area (Å²) in [7, 11) is 3.03. The minimum atomic E-state index is -0.359. The largest absolute Gasteiger partial charge is 0.495 e. The molecule has 0 bridgehead atoms. The molecule has 1 aromatic carbocycles. The van der Waals surface area contributed by atoms with Gasteiger partial charge in [0.05, 0.1) is 36.7 Å². The first-order valence-electron chi connectivity index (χ1n) is 8.40. The van der Waals surface area contributed by atoms with Crippen LogP contribution >= 0.6 is 11.6 Å². The highest BCUT2D eigenvalue weighted by molar-refractivity contribution is 6.32. The highest BCUT2D eigenvalue weighted by Gasteiger charge is 2.23. The smallest absolute Gasteiger partial charge is 0.278 e. The molecule has 3 rings (SSSR count). The van der Waals surface area contributed by atoms with E-state index in [1.54, 1.807) is 12.1 Å². The van der Waals surface area contributed by atoms with Crippen LogP contribution in [0.15, 0.2) is 12.1 Å². The normalized spacial score (nSPS) is 14.9. The predicted molar refractivity (Wildman–Crippen MR) is 98.4 cm³/mol. The lowest BCUT2D eigenvalue weighted by Gasteiger charge is -2.23. The number of piperidine rings is 1. The summed E-state index contributed by atoms with van der Waals surface area (Å²) < 4.78 is 12.3. The Kier molecular flexibility index (Phi) is 5.63. The van der Waals surface area contributed by atoms with Crippen LogP contribution in [0.25, 0.3) is 0 Å². The molecule has 26 heavy (non-hydrogen) atoms. The molecule has 1 aromatic heterocycles. The van der Waals surface area contributed by atoms with E-state index < -0.39 is 0 Å². The van der Waals surface area contributed by atoms with Gasteiger partial charge in [-0.25, -0.2) is 4.68 Å². The summed E-state index contributed by atoms with van der Waals surface area (Å²) in [4.78, 5) is 12.7. The van der Waals surface area contributed by atoms with Gasteiger partial charge in [-0.3, -0.25) is 4.79 Å². The van der Waals surface area contributed by atoms with Gasteiger partial charge in [-0.1, -0.05) is 16.8 Å². The van der Waals surface area contributed by atoms with Crippen molar-refractivity contribution < 1.29 is 14.3 Å². The summed E-state index contributed by atoms with van der Waals surface area (Å²) in [6.45, 7) is 3.73. The fraction of sp³-hybridized carbons (Fsp3) is 0.471. The fourth-order valence-electron chi connectivity index (χ4n) is 3.09. The van der Waals surface area contributed by atoms with Gasteiger partial charge in [0.25, 0.3) is 5.91 Å². The Morgan fingerprint density at radius 1 is 1.27 bits per heavy atom. The number of ether oxygens (including phenoxy) is 2. The third-order valence-electron chi connectivity index (χ3n) is 4.52. The number of amides is 1. The molecule has 0 unspecified atom stereocenters. The molecule has 0 aliphatic carbocycles. The Bertz CT molecular complexity index is 802. The lowest BCUT2D eigenvalue weighted by atomic mass is 10.1. The van der Waals surface area contributed by atoms with E-state index in [1.165, 1.54) is 14.2 Å². The van der Waals surface area contributed by atoms with Gasteiger partial charge >= 0.3 is 0 Å². The number of carbonyl (C=O) groups is 1. The van der Waals surface area contributed by atoms with Crippen molar-refractivity contribution in [3.8, 4) is 11.5 Å². The number of nitrogens with zero attached hydrogens (tertiary/aromatic N) is 3. The molecule has 2 heterocycles. The quantitative estimate of drug-likeness (QED) is 0.829. The average Bonchev–Trinajstić information content (AvgIpc) is 3.04. The fourth-order valence-corrected chi connectivity index (χ4v) is 3.33. The lowest BCUT2D eigenvalue weighted by molar-refractivity contribution is 0.102. The number of methoxy groups -OCH3 is 2. The lowest BCUT2D eigenvalue weighted by Crippen LogP contribution is -2.30. The van der Waals surface area contributed by atoms with Crippen molar-refractivity contribution >= 4 is 23.2 Å². The molecule has 1 saturated heterocycles. The van der Waals surface area contributed by atoms with Crippen LogP contribution < -0.4 is 20.1 Å². The van der Waals surface area contributed by atoms with Crippen LogP contribution in [0.5, 0.6) is 11.5 Å². The molecule has 1 aliphatic rings. The van der Waals surface area contributed by atoms with E-state index in [0.29, 0.717) is 22.2 Å². The van der Waals surface area contributed by atoms with Gasteiger partial charge in [0.15, 0.2) is 5.69 Å². The maximum Gasteiger partial charge on any atom is 0.278 e. The van der Waals surface area contributed by atoms with Gasteiger partial charge < -0.3 is 20.1 Å². The van der Waals surface area contributed by atoms with Crippen LogP contribution in [-0.2, 0) is 0 Å². The minimum absolute atomic E-state index is 0.260. The topological polar surface area (TPSA) is 90.3 Å². The number of hydrogen-bond acceptors (Lipinski definition) is 6. The SMILES string of the molecule is COc1cc(OC)c(NC(=O)c2nnn(C3CCNCC3)c2C)cc1Cl. The number of aromatic nitrogens is 3. The maximum atomic E-state index is 12.7. The van der Waals surface area contributed by atoms with E-state index in [1.807, 2.05) is 11.6 Å². The van der Waals surface area contributed by atoms with Crippen LogP contribution in [0, 0.1) is 6.92 Å². The summed E-state index contributed by atoms with van der Waals surface area (Å²) in [5.74, 6) is 0.555. The maximum absolute atomic E-state index is 12.7. The summed E-state index contributed by atoms with van der Waals surface area (Å²) in [5, 5.41) is 14.8. The van der Waals surface area contributed by atoms with Crippen molar-refractivity contribution in [3.63, 3.8) is 0 Å². The van der Waals surface area contributed by atoms with Crippen molar-refractivity contribution in [2.75, 3.05) is 32.6 Å². The number of anilines is 1. The van der Waals surface area contributed by atoms with Crippen LogP contribution in [-0.4, -0.2) is 48.2 Å². The van der Waals surface area contributed by atoms with Gasteiger partial charge in [-0.15, -0.1) is 5.10 Å². The first-order chi connectivity index (χ1) is 12.5. The Labute approximate surface area is 156 Å². The number of hydrogen-bond donors (Lipinski definition) is 2. The Morgan fingerprint density at radius 3 is 2.62 bits per heavy atom. The zero-order valence-electron chi connectivity index (χ0n) is 15.0. The molecule has 0 atom stereocenters. The van der Waals surface area contributed by atoms with Crippen LogP contribution in [0.1, 0.15) is 35.1 Å². The standard InChI is InChI=1S/C17H22ClN5O3/c1-10-16(21-22-23(10)11-4-6-19-7-5-11)17(24)20-13-8-12(18)14(25-2)9-15(13)26-3/h8-9,11,19H,4-7H2,1-3H3,(H,20,24). The molecule has 2 N–H and O–H groups in total. The molecule has 0 saturated carbocycles. The van der Waals surface area contributed by atoms with Crippen LogP contribution in [0.3, 0.4) is 0 Å². The van der Waals surface area contributed by atoms with E-state index in [4.69, 9.17) is 21.1 Å². The number of rotatable bonds is 5. The zero-order valence-corrected chi connectivity index (χ0v) is 15.8. The molecule has 1 aliphatic heterocycles. The van der Waals surface area contributed by atoms with E-state index in [-0.39, 0.29) is 17.6 Å². The number of halogens is 1. The van der Waals surface area contributed by atoms with E-state index in [2.05, 4.69) is 20.9 Å². The Hall–Kier alpha value is -2.32. The van der Waals surface area contributed by atoms with Crippen molar-refractivity contribution in [2.45, 2.75) is 25.8 Å². The number of carbonyl (C=O) groups excluding carboxylic acids is 1. The van der Waals surface area contributed by atoms with Gasteiger partial charge in [0.1, 0.15) is 11.5 Å². The number of nitrogens with one attached hydrogen (secondary N) is 2. The van der Waals surface area contributed by atoms with E-state index in [0.717, 1.165) is 31.6 Å². The van der Waals surface area contributed by atoms with E-state index >= 15 is 0 Å². The molecule has 1 amide bonds. The summed E-state index contributed by atoms with van der Waals surface area (Å²) >= 11 is 6.16. The second kappa shape index (κ2) is 7.92. The van der Waals surface area contributed by atoms with Crippen molar-refractivity contribution in [3.05, 3.63) is 28.5 Å². The average molecular weight is 380 g/mol. The van der Waals surface area contributed by atoms with Gasteiger partial charge in [0, 0.05) is 6.07 Å². The highest BCUT2D eigenvalue weighted by atomic mass is 35.5. The molecule has 0 spiro atoms. The summed E-state index contributed by atoms with van der Waals surface area (Å²) in [6.07, 6.45) is 1.93. The zero-order chi connectivity index (χ0) is 18.7. The van der Waals surface area contributed by atoms with Crippen molar-refractivity contribution in [2.24, 2.45) is 0 Å². The Morgan fingerprint density at radius 2 is 1.96 bits per heavy atom. The Balaban J connectivity index is 1.82. The van der Waals surface area contributed by atoms with Gasteiger partial charge in [-0.2, -0.15) is 0 Å². The first-order valence-corrected chi connectivity index (χ1v) is 8.78. The highest BCUT2D eigenvalue weighted by Crippen LogP contribution is 2.36. The molecule has 1 fully saturated rings. The molecular formula is C17H22ClN5O3. The molecule has 140 valence electrons. The molecule has 0 radical (unpaired) electrons. The molecule has 9 heteroatoms. The molecule has 8 nitrogen and oxygen atoms in total. The van der Waals surface area contributed by atoms with Gasteiger partial charge in [-0.05, 0) is 38.9 Å². The predicted octanol–water partition coefficient (Wildman–Crippen LogP) is 2.43. The van der Waals surface area contributed by atoms with Crippen LogP contribution in [0.2, 0.25) is 5.02 Å². The van der Waals surface area contributed by atoms with Crippen molar-refractivity contribution in [1.82, 2.24) is 20.3 Å². The first kappa shape index (κ1) is 18.5. The third kappa shape index (κ3) is 3.61. The van der Waals surface area contributed by atoms with Crippen LogP contribution in [0.4, 0.5) is 5.69 Å². The van der Waals surface area contributed by atoms with Gasteiger partial charge in [0.2, 0.25) is 0 Å². The third-order valence-corrected chi connectivity index (χ3v) is 4.81. The summed E-state index contributed by atoms with van der Waals surface area (Å²) in [6, 6.07) is 3.47. The van der Waals surface area contributed by atoms with Crippen molar-refractivity contribution in [1.29, 1.82) is 0 Å². The minimum Gasteiger partial charge on any atom is -0.495 e.